The van der Waals surface area contributed by atoms with Crippen molar-refractivity contribution in [3.05, 3.63) is 53.7 Å². The van der Waals surface area contributed by atoms with Crippen LogP contribution in [0.2, 0.25) is 0 Å². The second-order valence-corrected chi connectivity index (χ2v) is 5.71. The van der Waals surface area contributed by atoms with E-state index in [4.69, 9.17) is 5.73 Å². The molecular weight excluding hydrogens is 234 g/mol. The SMILES string of the molecule is CC(C)(C)c1ccc(Nc2ccc(CN)cn2)cc1. The first kappa shape index (κ1) is 13.6. The van der Waals surface area contributed by atoms with Crippen molar-refractivity contribution in [3.63, 3.8) is 0 Å². The molecule has 0 bridgehead atoms. The van der Waals surface area contributed by atoms with Gasteiger partial charge in [0.1, 0.15) is 5.82 Å². The Bertz CT molecular complexity index is 521. The minimum atomic E-state index is 0.180. The Kier molecular flexibility index (Phi) is 3.86. The lowest BCUT2D eigenvalue weighted by atomic mass is 9.87. The molecule has 0 amide bonds. The predicted molar refractivity (Wildman–Crippen MR) is 80.6 cm³/mol. The second kappa shape index (κ2) is 5.41. The molecule has 0 fully saturated rings. The van der Waals surface area contributed by atoms with Crippen LogP contribution in [0.3, 0.4) is 0 Å². The van der Waals surface area contributed by atoms with Crippen LogP contribution in [0.4, 0.5) is 11.5 Å². The van der Waals surface area contributed by atoms with E-state index < -0.39 is 0 Å². The molecule has 3 heteroatoms. The number of aromatic nitrogens is 1. The van der Waals surface area contributed by atoms with Gasteiger partial charge in [0, 0.05) is 18.4 Å². The van der Waals surface area contributed by atoms with Gasteiger partial charge in [0.05, 0.1) is 0 Å². The fraction of sp³-hybridized carbons (Fsp3) is 0.312. The highest BCUT2D eigenvalue weighted by molar-refractivity contribution is 5.56. The van der Waals surface area contributed by atoms with Crippen LogP contribution < -0.4 is 11.1 Å². The Morgan fingerprint density at radius 2 is 1.74 bits per heavy atom. The predicted octanol–water partition coefficient (Wildman–Crippen LogP) is 3.58. The van der Waals surface area contributed by atoms with Crippen molar-refractivity contribution < 1.29 is 0 Å². The van der Waals surface area contributed by atoms with Gasteiger partial charge in [-0.25, -0.2) is 4.98 Å². The van der Waals surface area contributed by atoms with Crippen molar-refractivity contribution in [1.29, 1.82) is 0 Å². The van der Waals surface area contributed by atoms with Crippen molar-refractivity contribution in [2.75, 3.05) is 5.32 Å². The fourth-order valence-electron chi connectivity index (χ4n) is 1.82. The number of nitrogens with one attached hydrogen (secondary N) is 1. The van der Waals surface area contributed by atoms with Gasteiger partial charge in [-0.1, -0.05) is 39.0 Å². The Hall–Kier alpha value is -1.87. The molecule has 0 aliphatic rings. The standard InChI is InChI=1S/C16H21N3/c1-16(2,3)13-5-7-14(8-6-13)19-15-9-4-12(10-17)11-18-15/h4-9,11H,10,17H2,1-3H3,(H,18,19). The normalized spacial score (nSPS) is 11.4. The maximum absolute atomic E-state index is 5.55. The van der Waals surface area contributed by atoms with Crippen LogP contribution in [-0.2, 0) is 12.0 Å². The molecule has 3 nitrogen and oxygen atoms in total. The zero-order valence-electron chi connectivity index (χ0n) is 11.8. The molecule has 3 N–H and O–H groups in total. The lowest BCUT2D eigenvalue weighted by Crippen LogP contribution is -2.10. The largest absolute Gasteiger partial charge is 0.340 e. The first-order valence-corrected chi connectivity index (χ1v) is 6.51. The van der Waals surface area contributed by atoms with Crippen molar-refractivity contribution in [2.45, 2.75) is 32.7 Å². The molecule has 0 aliphatic heterocycles. The highest BCUT2D eigenvalue weighted by Gasteiger charge is 2.12. The van der Waals surface area contributed by atoms with Gasteiger partial charge < -0.3 is 11.1 Å². The molecule has 0 aliphatic carbocycles. The number of hydrogen-bond acceptors (Lipinski definition) is 3. The number of nitrogens with two attached hydrogens (primary N) is 1. The topological polar surface area (TPSA) is 50.9 Å². The van der Waals surface area contributed by atoms with Gasteiger partial charge in [0.15, 0.2) is 0 Å². The van der Waals surface area contributed by atoms with Gasteiger partial charge in [0.2, 0.25) is 0 Å². The fourth-order valence-corrected chi connectivity index (χ4v) is 1.82. The van der Waals surface area contributed by atoms with Crippen LogP contribution >= 0.6 is 0 Å². The zero-order chi connectivity index (χ0) is 13.9. The molecule has 0 spiro atoms. The van der Waals surface area contributed by atoms with Crippen LogP contribution in [0.5, 0.6) is 0 Å². The van der Waals surface area contributed by atoms with Crippen LogP contribution in [0.25, 0.3) is 0 Å². The second-order valence-electron chi connectivity index (χ2n) is 5.71. The summed E-state index contributed by atoms with van der Waals surface area (Å²) in [7, 11) is 0. The number of rotatable bonds is 3. The molecule has 0 radical (unpaired) electrons. The molecule has 1 heterocycles. The molecule has 19 heavy (non-hydrogen) atoms. The van der Waals surface area contributed by atoms with Gasteiger partial charge >= 0.3 is 0 Å². The number of nitrogens with zero attached hydrogens (tertiary/aromatic N) is 1. The monoisotopic (exact) mass is 255 g/mol. The summed E-state index contributed by atoms with van der Waals surface area (Å²) in [6.45, 7) is 7.15. The molecule has 100 valence electrons. The average molecular weight is 255 g/mol. The summed E-state index contributed by atoms with van der Waals surface area (Å²) in [5.74, 6) is 0.834. The summed E-state index contributed by atoms with van der Waals surface area (Å²) in [4.78, 5) is 4.32. The maximum Gasteiger partial charge on any atom is 0.130 e. The van der Waals surface area contributed by atoms with Crippen molar-refractivity contribution >= 4 is 11.5 Å². The van der Waals surface area contributed by atoms with Crippen LogP contribution in [0, 0.1) is 0 Å². The minimum Gasteiger partial charge on any atom is -0.340 e. The minimum absolute atomic E-state index is 0.180. The average Bonchev–Trinajstić information content (AvgIpc) is 2.39. The Morgan fingerprint density at radius 1 is 1.05 bits per heavy atom. The Morgan fingerprint density at radius 3 is 2.21 bits per heavy atom. The summed E-state index contributed by atoms with van der Waals surface area (Å²) in [6, 6.07) is 12.4. The van der Waals surface area contributed by atoms with Gasteiger partial charge in [-0.3, -0.25) is 0 Å². The van der Waals surface area contributed by atoms with E-state index in [0.717, 1.165) is 17.1 Å². The van der Waals surface area contributed by atoms with E-state index in [0.29, 0.717) is 6.54 Å². The first-order valence-electron chi connectivity index (χ1n) is 6.51. The summed E-state index contributed by atoms with van der Waals surface area (Å²) in [6.07, 6.45) is 1.80. The molecule has 0 saturated carbocycles. The van der Waals surface area contributed by atoms with E-state index in [1.165, 1.54) is 5.56 Å². The van der Waals surface area contributed by atoms with E-state index in [2.05, 4.69) is 55.3 Å². The summed E-state index contributed by atoms with van der Waals surface area (Å²) in [5.41, 5.74) is 9.13. The molecule has 1 aromatic heterocycles. The lowest BCUT2D eigenvalue weighted by molar-refractivity contribution is 0.590. The van der Waals surface area contributed by atoms with E-state index in [1.807, 2.05) is 12.1 Å². The van der Waals surface area contributed by atoms with Gasteiger partial charge in [0.25, 0.3) is 0 Å². The number of benzene rings is 1. The third-order valence-corrected chi connectivity index (χ3v) is 3.08. The lowest BCUT2D eigenvalue weighted by Gasteiger charge is -2.19. The van der Waals surface area contributed by atoms with Crippen LogP contribution in [-0.4, -0.2) is 4.98 Å². The molecule has 2 aromatic rings. The Balaban J connectivity index is 2.10. The number of pyridine rings is 1. The smallest absolute Gasteiger partial charge is 0.130 e. The van der Waals surface area contributed by atoms with E-state index in [1.54, 1.807) is 6.20 Å². The Labute approximate surface area is 114 Å². The summed E-state index contributed by atoms with van der Waals surface area (Å²) < 4.78 is 0. The van der Waals surface area contributed by atoms with E-state index >= 15 is 0 Å². The molecular formula is C16H21N3. The third-order valence-electron chi connectivity index (χ3n) is 3.08. The highest BCUT2D eigenvalue weighted by Crippen LogP contribution is 2.24. The summed E-state index contributed by atoms with van der Waals surface area (Å²) >= 11 is 0. The quantitative estimate of drug-likeness (QED) is 0.881. The zero-order valence-corrected chi connectivity index (χ0v) is 11.8. The number of hydrogen-bond donors (Lipinski definition) is 2. The van der Waals surface area contributed by atoms with Crippen LogP contribution in [0.15, 0.2) is 42.6 Å². The van der Waals surface area contributed by atoms with E-state index in [-0.39, 0.29) is 5.41 Å². The van der Waals surface area contributed by atoms with Crippen LogP contribution in [0.1, 0.15) is 31.9 Å². The molecule has 1 aromatic carbocycles. The molecule has 2 rings (SSSR count). The van der Waals surface area contributed by atoms with Gasteiger partial charge in [-0.2, -0.15) is 0 Å². The van der Waals surface area contributed by atoms with Crippen molar-refractivity contribution in [1.82, 2.24) is 4.98 Å². The van der Waals surface area contributed by atoms with Gasteiger partial charge in [-0.15, -0.1) is 0 Å². The molecule has 0 atom stereocenters. The van der Waals surface area contributed by atoms with E-state index in [9.17, 15) is 0 Å². The molecule has 0 unspecified atom stereocenters. The maximum atomic E-state index is 5.55. The highest BCUT2D eigenvalue weighted by atomic mass is 15.0. The van der Waals surface area contributed by atoms with Crippen molar-refractivity contribution in [2.24, 2.45) is 5.73 Å². The van der Waals surface area contributed by atoms with Gasteiger partial charge in [-0.05, 0) is 34.7 Å². The molecule has 0 saturated heterocycles. The van der Waals surface area contributed by atoms with Crippen molar-refractivity contribution in [3.8, 4) is 0 Å². The summed E-state index contributed by atoms with van der Waals surface area (Å²) in [5, 5.41) is 3.28. The first-order chi connectivity index (χ1) is 8.99. The third kappa shape index (κ3) is 3.55. The number of anilines is 2.